The molecule has 0 fully saturated rings. The van der Waals surface area contributed by atoms with Crippen molar-refractivity contribution in [2.45, 2.75) is 0 Å². The maximum atomic E-state index is 12.0. The van der Waals surface area contributed by atoms with Gasteiger partial charge in [0.05, 0.1) is 11.1 Å². The van der Waals surface area contributed by atoms with Crippen molar-refractivity contribution in [3.63, 3.8) is 0 Å². The zero-order chi connectivity index (χ0) is 16.0. The van der Waals surface area contributed by atoms with Crippen LogP contribution < -0.4 is 11.2 Å². The first-order chi connectivity index (χ1) is 9.81. The zero-order valence-electron chi connectivity index (χ0n) is 10.3. The van der Waals surface area contributed by atoms with Gasteiger partial charge in [-0.25, -0.2) is 14.4 Å². The van der Waals surface area contributed by atoms with Crippen LogP contribution in [0.3, 0.4) is 0 Å². The van der Waals surface area contributed by atoms with Gasteiger partial charge in [-0.2, -0.15) is 4.39 Å². The molecule has 0 saturated carbocycles. The molecular formula is C12H9FN2O6. The third kappa shape index (κ3) is 4.74. The Kier molecular flexibility index (Phi) is 5.12. The third-order valence-corrected chi connectivity index (χ3v) is 2.13. The Morgan fingerprint density at radius 3 is 1.95 bits per heavy atom. The van der Waals surface area contributed by atoms with E-state index in [2.05, 4.69) is 0 Å². The van der Waals surface area contributed by atoms with E-state index in [1.54, 1.807) is 4.98 Å². The average molecular weight is 296 g/mol. The minimum absolute atomic E-state index is 0.0186. The SMILES string of the molecule is O=C(O)c1cccc(C(=O)O)c1.O=c1[nH]cc(F)c(=O)[nH]1. The lowest BCUT2D eigenvalue weighted by Gasteiger charge is -1.95. The van der Waals surface area contributed by atoms with Crippen LogP contribution in [0.5, 0.6) is 0 Å². The van der Waals surface area contributed by atoms with E-state index >= 15 is 0 Å². The van der Waals surface area contributed by atoms with Crippen LogP contribution in [0, 0.1) is 5.82 Å². The van der Waals surface area contributed by atoms with E-state index in [4.69, 9.17) is 10.2 Å². The summed E-state index contributed by atoms with van der Waals surface area (Å²) in [6.07, 6.45) is 0.709. The summed E-state index contributed by atoms with van der Waals surface area (Å²) >= 11 is 0. The average Bonchev–Trinajstić information content (AvgIpc) is 2.44. The fourth-order valence-corrected chi connectivity index (χ4v) is 1.18. The lowest BCUT2D eigenvalue weighted by Crippen LogP contribution is -2.23. The highest BCUT2D eigenvalue weighted by Gasteiger charge is 2.06. The molecular weight excluding hydrogens is 287 g/mol. The van der Waals surface area contributed by atoms with Crippen molar-refractivity contribution < 1.29 is 24.2 Å². The number of aromatic carboxylic acids is 2. The first kappa shape index (κ1) is 15.8. The molecule has 0 atom stereocenters. The first-order valence-electron chi connectivity index (χ1n) is 5.35. The Bertz CT molecular complexity index is 750. The highest BCUT2D eigenvalue weighted by Crippen LogP contribution is 2.04. The normalized spacial score (nSPS) is 9.38. The van der Waals surface area contributed by atoms with Crippen LogP contribution in [0.4, 0.5) is 4.39 Å². The summed E-state index contributed by atoms with van der Waals surface area (Å²) < 4.78 is 12.0. The monoisotopic (exact) mass is 296 g/mol. The Balaban J connectivity index is 0.000000219. The van der Waals surface area contributed by atoms with Gasteiger partial charge in [-0.05, 0) is 18.2 Å². The zero-order valence-corrected chi connectivity index (χ0v) is 10.3. The van der Waals surface area contributed by atoms with Crippen LogP contribution in [-0.2, 0) is 0 Å². The Hall–Kier alpha value is -3.23. The molecule has 21 heavy (non-hydrogen) atoms. The van der Waals surface area contributed by atoms with Crippen LogP contribution in [0.25, 0.3) is 0 Å². The predicted molar refractivity (Wildman–Crippen MR) is 68.0 cm³/mol. The van der Waals surface area contributed by atoms with E-state index in [1.807, 2.05) is 4.98 Å². The van der Waals surface area contributed by atoms with E-state index in [0.29, 0.717) is 6.20 Å². The largest absolute Gasteiger partial charge is 0.478 e. The van der Waals surface area contributed by atoms with E-state index in [-0.39, 0.29) is 11.1 Å². The summed E-state index contributed by atoms with van der Waals surface area (Å²) in [7, 11) is 0. The number of halogens is 1. The predicted octanol–water partition coefficient (Wildman–Crippen LogP) is 0.285. The van der Waals surface area contributed by atoms with Gasteiger partial charge in [0.2, 0.25) is 5.82 Å². The maximum Gasteiger partial charge on any atom is 0.335 e. The van der Waals surface area contributed by atoms with Gasteiger partial charge in [-0.1, -0.05) is 6.07 Å². The van der Waals surface area contributed by atoms with Gasteiger partial charge < -0.3 is 15.2 Å². The van der Waals surface area contributed by atoms with E-state index in [1.165, 1.54) is 18.2 Å². The van der Waals surface area contributed by atoms with E-state index in [9.17, 15) is 23.6 Å². The Labute approximate surface area is 115 Å². The number of carbonyl (C=O) groups is 2. The number of carboxylic acid groups (broad SMARTS) is 2. The number of benzene rings is 1. The van der Waals surface area contributed by atoms with Crippen molar-refractivity contribution in [3.05, 3.63) is 68.2 Å². The number of aromatic nitrogens is 2. The van der Waals surface area contributed by atoms with Gasteiger partial charge in [0.25, 0.3) is 5.56 Å². The summed E-state index contributed by atoms with van der Waals surface area (Å²) in [6, 6.07) is 5.20. The summed E-state index contributed by atoms with van der Waals surface area (Å²) in [6.45, 7) is 0. The molecule has 0 aliphatic carbocycles. The molecule has 0 bridgehead atoms. The second-order valence-electron chi connectivity index (χ2n) is 3.61. The van der Waals surface area contributed by atoms with Gasteiger partial charge in [0, 0.05) is 6.20 Å². The molecule has 2 aromatic rings. The van der Waals surface area contributed by atoms with Gasteiger partial charge >= 0.3 is 17.6 Å². The fourth-order valence-electron chi connectivity index (χ4n) is 1.18. The number of nitrogens with one attached hydrogen (secondary N) is 2. The quantitative estimate of drug-likeness (QED) is 0.627. The van der Waals surface area contributed by atoms with Crippen molar-refractivity contribution in [2.24, 2.45) is 0 Å². The van der Waals surface area contributed by atoms with Gasteiger partial charge in [0.1, 0.15) is 0 Å². The molecule has 0 aliphatic heterocycles. The van der Waals surface area contributed by atoms with Crippen molar-refractivity contribution in [1.82, 2.24) is 9.97 Å². The second-order valence-corrected chi connectivity index (χ2v) is 3.61. The molecule has 0 spiro atoms. The lowest BCUT2D eigenvalue weighted by atomic mass is 10.1. The van der Waals surface area contributed by atoms with Crippen LogP contribution in [-0.4, -0.2) is 32.1 Å². The minimum atomic E-state index is -1.13. The van der Waals surface area contributed by atoms with Crippen molar-refractivity contribution in [2.75, 3.05) is 0 Å². The molecule has 8 nitrogen and oxygen atoms in total. The molecule has 4 N–H and O–H groups in total. The molecule has 0 unspecified atom stereocenters. The number of rotatable bonds is 2. The standard InChI is InChI=1S/C8H6O4.C4H3FN2O2/c9-7(10)5-2-1-3-6(4-5)8(11)12;5-2-1-6-4(9)7-3(2)8/h1-4H,(H,9,10)(H,11,12);1H,(H2,6,7,8,9). The fraction of sp³-hybridized carbons (Fsp3) is 0. The summed E-state index contributed by atoms with van der Waals surface area (Å²) in [5.41, 5.74) is -1.75. The molecule has 0 saturated heterocycles. The smallest absolute Gasteiger partial charge is 0.335 e. The molecule has 2 rings (SSSR count). The van der Waals surface area contributed by atoms with Crippen LogP contribution in [0.15, 0.2) is 40.1 Å². The van der Waals surface area contributed by atoms with E-state index in [0.717, 1.165) is 6.07 Å². The number of H-pyrrole nitrogens is 2. The lowest BCUT2D eigenvalue weighted by molar-refractivity contribution is 0.0696. The first-order valence-corrected chi connectivity index (χ1v) is 5.35. The minimum Gasteiger partial charge on any atom is -0.478 e. The van der Waals surface area contributed by atoms with Gasteiger partial charge in [0.15, 0.2) is 0 Å². The summed E-state index contributed by atoms with van der Waals surface area (Å²) in [5, 5.41) is 17.0. The maximum absolute atomic E-state index is 12.0. The molecule has 110 valence electrons. The Morgan fingerprint density at radius 1 is 1.05 bits per heavy atom. The number of hydrogen-bond acceptors (Lipinski definition) is 4. The molecule has 0 amide bonds. The molecule has 0 radical (unpaired) electrons. The highest BCUT2D eigenvalue weighted by atomic mass is 19.1. The Morgan fingerprint density at radius 2 is 1.57 bits per heavy atom. The second kappa shape index (κ2) is 6.80. The number of carboxylic acids is 2. The van der Waals surface area contributed by atoms with E-state index < -0.39 is 29.0 Å². The highest BCUT2D eigenvalue weighted by molar-refractivity contribution is 5.93. The van der Waals surface area contributed by atoms with Crippen molar-refractivity contribution in [1.29, 1.82) is 0 Å². The molecule has 0 aliphatic rings. The van der Waals surface area contributed by atoms with Crippen LogP contribution in [0.2, 0.25) is 0 Å². The molecule has 1 aromatic heterocycles. The van der Waals surface area contributed by atoms with Crippen LogP contribution in [0.1, 0.15) is 20.7 Å². The van der Waals surface area contributed by atoms with Gasteiger partial charge in [-0.3, -0.25) is 9.78 Å². The summed E-state index contributed by atoms with van der Waals surface area (Å²) in [5.74, 6) is -3.24. The van der Waals surface area contributed by atoms with Gasteiger partial charge in [-0.15, -0.1) is 0 Å². The number of hydrogen-bond donors (Lipinski definition) is 4. The third-order valence-electron chi connectivity index (χ3n) is 2.13. The molecule has 1 heterocycles. The van der Waals surface area contributed by atoms with Crippen LogP contribution >= 0.6 is 0 Å². The van der Waals surface area contributed by atoms with Crippen molar-refractivity contribution in [3.8, 4) is 0 Å². The molecule has 9 heteroatoms. The number of aromatic amines is 2. The van der Waals surface area contributed by atoms with Crippen molar-refractivity contribution >= 4 is 11.9 Å². The molecule has 1 aromatic carbocycles. The summed E-state index contributed by atoms with van der Waals surface area (Å²) in [4.78, 5) is 44.8. The topological polar surface area (TPSA) is 140 Å².